The standard InChI is InChI=1S/C13H18N2O2/c1-8-4-5-9(2)11(6-8)15-12(16)7-10(3)13(14)17/h4-6,10H,7H2,1-3H3,(H2,14,17)(H,15,16). The molecule has 0 heterocycles. The monoisotopic (exact) mass is 234 g/mol. The van der Waals surface area contributed by atoms with Crippen LogP contribution in [0.5, 0.6) is 0 Å². The Balaban J connectivity index is 2.68. The molecule has 0 radical (unpaired) electrons. The maximum Gasteiger partial charge on any atom is 0.225 e. The number of primary amides is 1. The summed E-state index contributed by atoms with van der Waals surface area (Å²) < 4.78 is 0. The minimum atomic E-state index is -0.457. The van der Waals surface area contributed by atoms with E-state index in [2.05, 4.69) is 5.32 Å². The van der Waals surface area contributed by atoms with Crippen LogP contribution >= 0.6 is 0 Å². The lowest BCUT2D eigenvalue weighted by Gasteiger charge is -2.11. The Labute approximate surface area is 101 Å². The minimum absolute atomic E-state index is 0.114. The molecular formula is C13H18N2O2. The van der Waals surface area contributed by atoms with Gasteiger partial charge in [0.05, 0.1) is 0 Å². The van der Waals surface area contributed by atoms with E-state index in [0.717, 1.165) is 16.8 Å². The minimum Gasteiger partial charge on any atom is -0.369 e. The first-order valence-corrected chi connectivity index (χ1v) is 5.56. The number of hydrogen-bond donors (Lipinski definition) is 2. The highest BCUT2D eigenvalue weighted by atomic mass is 16.2. The van der Waals surface area contributed by atoms with Crippen LogP contribution in [0, 0.1) is 19.8 Å². The van der Waals surface area contributed by atoms with Gasteiger partial charge in [-0.25, -0.2) is 0 Å². The van der Waals surface area contributed by atoms with Crippen molar-refractivity contribution in [2.75, 3.05) is 5.32 Å². The van der Waals surface area contributed by atoms with Gasteiger partial charge in [0.1, 0.15) is 0 Å². The van der Waals surface area contributed by atoms with Gasteiger partial charge < -0.3 is 11.1 Å². The van der Waals surface area contributed by atoms with E-state index < -0.39 is 11.8 Å². The molecule has 1 aromatic rings. The molecule has 4 nitrogen and oxygen atoms in total. The third kappa shape index (κ3) is 3.90. The predicted molar refractivity (Wildman–Crippen MR) is 67.5 cm³/mol. The van der Waals surface area contributed by atoms with Crippen LogP contribution in [-0.2, 0) is 9.59 Å². The number of carbonyl (C=O) groups is 2. The van der Waals surface area contributed by atoms with E-state index in [4.69, 9.17) is 5.73 Å². The molecule has 17 heavy (non-hydrogen) atoms. The molecule has 92 valence electrons. The number of carbonyl (C=O) groups excluding carboxylic acids is 2. The number of amides is 2. The molecule has 4 heteroatoms. The summed E-state index contributed by atoms with van der Waals surface area (Å²) in [5, 5.41) is 2.79. The van der Waals surface area contributed by atoms with E-state index in [1.54, 1.807) is 6.92 Å². The van der Waals surface area contributed by atoms with E-state index in [-0.39, 0.29) is 12.3 Å². The smallest absolute Gasteiger partial charge is 0.225 e. The lowest BCUT2D eigenvalue weighted by atomic mass is 10.1. The van der Waals surface area contributed by atoms with Crippen molar-refractivity contribution in [3.8, 4) is 0 Å². The number of benzene rings is 1. The lowest BCUT2D eigenvalue weighted by molar-refractivity contribution is -0.125. The predicted octanol–water partition coefficient (Wildman–Crippen LogP) is 1.75. The van der Waals surface area contributed by atoms with Crippen LogP contribution in [0.4, 0.5) is 5.69 Å². The Morgan fingerprint density at radius 3 is 2.59 bits per heavy atom. The third-order valence-electron chi connectivity index (χ3n) is 2.64. The fourth-order valence-electron chi connectivity index (χ4n) is 1.45. The molecule has 0 aromatic heterocycles. The molecular weight excluding hydrogens is 216 g/mol. The molecule has 0 saturated carbocycles. The van der Waals surface area contributed by atoms with Crippen LogP contribution in [-0.4, -0.2) is 11.8 Å². The highest BCUT2D eigenvalue weighted by Gasteiger charge is 2.14. The average Bonchev–Trinajstić information content (AvgIpc) is 2.23. The van der Waals surface area contributed by atoms with Gasteiger partial charge in [0.15, 0.2) is 0 Å². The Bertz CT molecular complexity index is 441. The molecule has 0 aliphatic rings. The van der Waals surface area contributed by atoms with Crippen LogP contribution in [0.1, 0.15) is 24.5 Å². The summed E-state index contributed by atoms with van der Waals surface area (Å²) in [5.74, 6) is -1.09. The Hall–Kier alpha value is -1.84. The van der Waals surface area contributed by atoms with E-state index in [0.29, 0.717) is 0 Å². The number of rotatable bonds is 4. The lowest BCUT2D eigenvalue weighted by Crippen LogP contribution is -2.25. The van der Waals surface area contributed by atoms with Crippen LogP contribution in [0.2, 0.25) is 0 Å². The first-order chi connectivity index (χ1) is 7.90. The normalized spacial score (nSPS) is 11.9. The molecule has 1 atom stereocenters. The van der Waals surface area contributed by atoms with E-state index in [9.17, 15) is 9.59 Å². The first-order valence-electron chi connectivity index (χ1n) is 5.56. The first kappa shape index (κ1) is 13.2. The van der Waals surface area contributed by atoms with Crippen molar-refractivity contribution >= 4 is 17.5 Å². The second-order valence-electron chi connectivity index (χ2n) is 4.37. The van der Waals surface area contributed by atoms with E-state index in [1.165, 1.54) is 0 Å². The SMILES string of the molecule is Cc1ccc(C)c(NC(=O)CC(C)C(N)=O)c1. The summed E-state index contributed by atoms with van der Waals surface area (Å²) >= 11 is 0. The molecule has 3 N–H and O–H groups in total. The van der Waals surface area contributed by atoms with Crippen molar-refractivity contribution in [1.29, 1.82) is 0 Å². The molecule has 1 unspecified atom stereocenters. The molecule has 0 aliphatic carbocycles. The molecule has 0 saturated heterocycles. The van der Waals surface area contributed by atoms with Crippen molar-refractivity contribution in [2.45, 2.75) is 27.2 Å². The Morgan fingerprint density at radius 2 is 2.00 bits per heavy atom. The van der Waals surface area contributed by atoms with Gasteiger partial charge in [0.2, 0.25) is 11.8 Å². The zero-order chi connectivity index (χ0) is 13.0. The van der Waals surface area contributed by atoms with Crippen molar-refractivity contribution in [3.05, 3.63) is 29.3 Å². The van der Waals surface area contributed by atoms with Gasteiger partial charge in [-0.05, 0) is 31.0 Å². The van der Waals surface area contributed by atoms with Crippen LogP contribution in [0.15, 0.2) is 18.2 Å². The van der Waals surface area contributed by atoms with E-state index >= 15 is 0 Å². The van der Waals surface area contributed by atoms with Crippen molar-refractivity contribution in [3.63, 3.8) is 0 Å². The fraction of sp³-hybridized carbons (Fsp3) is 0.385. The summed E-state index contributed by atoms with van der Waals surface area (Å²) in [7, 11) is 0. The second kappa shape index (κ2) is 5.48. The van der Waals surface area contributed by atoms with Gasteiger partial charge in [0.25, 0.3) is 0 Å². The van der Waals surface area contributed by atoms with Gasteiger partial charge in [-0.2, -0.15) is 0 Å². The van der Waals surface area contributed by atoms with Gasteiger partial charge in [-0.1, -0.05) is 19.1 Å². The third-order valence-corrected chi connectivity index (χ3v) is 2.64. The number of nitrogens with two attached hydrogens (primary N) is 1. The van der Waals surface area contributed by atoms with Crippen LogP contribution in [0.25, 0.3) is 0 Å². The molecule has 0 fully saturated rings. The van der Waals surface area contributed by atoms with Crippen LogP contribution in [0.3, 0.4) is 0 Å². The van der Waals surface area contributed by atoms with E-state index in [1.807, 2.05) is 32.0 Å². The molecule has 0 bridgehead atoms. The molecule has 1 aromatic carbocycles. The highest BCUT2D eigenvalue weighted by Crippen LogP contribution is 2.17. The number of anilines is 1. The maximum atomic E-state index is 11.7. The zero-order valence-electron chi connectivity index (χ0n) is 10.4. The van der Waals surface area contributed by atoms with Crippen molar-refractivity contribution in [2.24, 2.45) is 11.7 Å². The summed E-state index contributed by atoms with van der Waals surface area (Å²) in [6.07, 6.45) is 0.114. The Morgan fingerprint density at radius 1 is 1.35 bits per heavy atom. The second-order valence-corrected chi connectivity index (χ2v) is 4.37. The summed E-state index contributed by atoms with van der Waals surface area (Å²) in [6, 6.07) is 5.83. The number of nitrogens with one attached hydrogen (secondary N) is 1. The largest absolute Gasteiger partial charge is 0.369 e. The Kier molecular flexibility index (Phi) is 4.26. The summed E-state index contributed by atoms with van der Waals surface area (Å²) in [6.45, 7) is 5.53. The zero-order valence-corrected chi connectivity index (χ0v) is 10.4. The molecule has 2 amide bonds. The van der Waals surface area contributed by atoms with Gasteiger partial charge in [-0.15, -0.1) is 0 Å². The highest BCUT2D eigenvalue weighted by molar-refractivity contribution is 5.94. The topological polar surface area (TPSA) is 72.2 Å². The summed E-state index contributed by atoms with van der Waals surface area (Å²) in [5.41, 5.74) is 7.97. The maximum absolute atomic E-state index is 11.7. The van der Waals surface area contributed by atoms with Gasteiger partial charge >= 0.3 is 0 Å². The quantitative estimate of drug-likeness (QED) is 0.833. The molecule has 1 rings (SSSR count). The fourth-order valence-corrected chi connectivity index (χ4v) is 1.45. The van der Waals surface area contributed by atoms with Crippen LogP contribution < -0.4 is 11.1 Å². The average molecular weight is 234 g/mol. The van der Waals surface area contributed by atoms with Crippen molar-refractivity contribution < 1.29 is 9.59 Å². The summed E-state index contributed by atoms with van der Waals surface area (Å²) in [4.78, 5) is 22.5. The van der Waals surface area contributed by atoms with Gasteiger partial charge in [0, 0.05) is 18.0 Å². The molecule has 0 spiro atoms. The number of hydrogen-bond acceptors (Lipinski definition) is 2. The number of aryl methyl sites for hydroxylation is 2. The molecule has 0 aliphatic heterocycles. The van der Waals surface area contributed by atoms with Gasteiger partial charge in [-0.3, -0.25) is 9.59 Å². The van der Waals surface area contributed by atoms with Crippen molar-refractivity contribution in [1.82, 2.24) is 0 Å².